The molecule has 0 fully saturated rings. The summed E-state index contributed by atoms with van der Waals surface area (Å²) in [5, 5.41) is 20.2. The van der Waals surface area contributed by atoms with Gasteiger partial charge in [0.05, 0.1) is 17.6 Å². The number of nitro groups is 1. The summed E-state index contributed by atoms with van der Waals surface area (Å²) in [6.45, 7) is 5.40. The number of aryl methyl sites for hydroxylation is 3. The van der Waals surface area contributed by atoms with Crippen molar-refractivity contribution in [2.24, 2.45) is 0 Å². The normalized spacial score (nSPS) is 10.5. The van der Waals surface area contributed by atoms with E-state index < -0.39 is 4.92 Å². The lowest BCUT2D eigenvalue weighted by molar-refractivity contribution is -0.385. The van der Waals surface area contributed by atoms with Crippen LogP contribution in [0.3, 0.4) is 0 Å². The zero-order chi connectivity index (χ0) is 15.6. The third-order valence-electron chi connectivity index (χ3n) is 3.40. The molecular formula is C16H17NO4. The number of ether oxygens (including phenoxy) is 1. The van der Waals surface area contributed by atoms with Crippen molar-refractivity contribution < 1.29 is 14.8 Å². The van der Waals surface area contributed by atoms with E-state index in [1.54, 1.807) is 31.2 Å². The predicted octanol–water partition coefficient (Wildman–Crippen LogP) is 3.80. The third kappa shape index (κ3) is 3.20. The van der Waals surface area contributed by atoms with Crippen LogP contribution in [-0.4, -0.2) is 10.0 Å². The Morgan fingerprint density at radius 1 is 1.10 bits per heavy atom. The van der Waals surface area contributed by atoms with E-state index in [-0.39, 0.29) is 12.3 Å². The minimum atomic E-state index is -0.415. The van der Waals surface area contributed by atoms with Crippen LogP contribution in [0, 0.1) is 30.9 Å². The lowest BCUT2D eigenvalue weighted by atomic mass is 10.1. The molecule has 0 aliphatic rings. The van der Waals surface area contributed by atoms with Crippen molar-refractivity contribution in [3.63, 3.8) is 0 Å². The Morgan fingerprint density at radius 3 is 2.38 bits per heavy atom. The lowest BCUT2D eigenvalue weighted by Crippen LogP contribution is -1.96. The molecule has 21 heavy (non-hydrogen) atoms. The average molecular weight is 287 g/mol. The van der Waals surface area contributed by atoms with Crippen LogP contribution in [0.1, 0.15) is 22.3 Å². The topological polar surface area (TPSA) is 72.6 Å². The third-order valence-corrected chi connectivity index (χ3v) is 3.40. The number of hydrogen-bond acceptors (Lipinski definition) is 4. The highest BCUT2D eigenvalue weighted by molar-refractivity contribution is 5.51. The second kappa shape index (κ2) is 5.93. The second-order valence-corrected chi connectivity index (χ2v) is 5.01. The summed E-state index contributed by atoms with van der Waals surface area (Å²) < 4.78 is 5.75. The molecule has 2 aromatic carbocycles. The Bertz CT molecular complexity index is 695. The largest absolute Gasteiger partial charge is 0.457 e. The molecule has 0 saturated carbocycles. The standard InChI is InChI=1S/C16H17NO4/c1-10-7-14(5-4-13(10)9-18)21-16-8-15(17(19)20)11(2)6-12(16)3/h4-8,18H,9H2,1-3H3. The summed E-state index contributed by atoms with van der Waals surface area (Å²) in [7, 11) is 0. The predicted molar refractivity (Wildman–Crippen MR) is 79.7 cm³/mol. The van der Waals surface area contributed by atoms with Crippen LogP contribution in [-0.2, 0) is 6.61 Å². The van der Waals surface area contributed by atoms with Crippen LogP contribution in [0.4, 0.5) is 5.69 Å². The number of aliphatic hydroxyl groups is 1. The Balaban J connectivity index is 2.37. The SMILES string of the molecule is Cc1cc(Oc2cc([N+](=O)[O-])c(C)cc2C)ccc1CO. The number of nitro benzene ring substituents is 1. The minimum absolute atomic E-state index is 0.0266. The number of nitrogens with zero attached hydrogens (tertiary/aromatic N) is 1. The summed E-state index contributed by atoms with van der Waals surface area (Å²) in [5.74, 6) is 1.05. The molecule has 0 aromatic heterocycles. The molecule has 5 nitrogen and oxygen atoms in total. The Kier molecular flexibility index (Phi) is 4.23. The smallest absolute Gasteiger partial charge is 0.276 e. The fourth-order valence-electron chi connectivity index (χ4n) is 2.16. The first-order chi connectivity index (χ1) is 9.92. The molecule has 110 valence electrons. The monoisotopic (exact) mass is 287 g/mol. The van der Waals surface area contributed by atoms with E-state index in [9.17, 15) is 10.1 Å². The quantitative estimate of drug-likeness (QED) is 0.685. The molecule has 0 unspecified atom stereocenters. The molecule has 0 aliphatic heterocycles. The van der Waals surface area contributed by atoms with E-state index in [0.29, 0.717) is 17.1 Å². The van der Waals surface area contributed by atoms with Crippen molar-refractivity contribution in [2.75, 3.05) is 0 Å². The highest BCUT2D eigenvalue weighted by Gasteiger charge is 2.15. The zero-order valence-corrected chi connectivity index (χ0v) is 12.2. The first kappa shape index (κ1) is 15.0. The maximum atomic E-state index is 11.0. The van der Waals surface area contributed by atoms with Crippen LogP contribution in [0.25, 0.3) is 0 Å². The van der Waals surface area contributed by atoms with Crippen molar-refractivity contribution in [1.29, 1.82) is 0 Å². The highest BCUT2D eigenvalue weighted by Crippen LogP contribution is 2.32. The maximum Gasteiger partial charge on any atom is 0.276 e. The molecule has 0 bridgehead atoms. The van der Waals surface area contributed by atoms with Crippen molar-refractivity contribution in [3.05, 3.63) is 62.7 Å². The summed E-state index contributed by atoms with van der Waals surface area (Å²) in [6.07, 6.45) is 0. The van der Waals surface area contributed by atoms with Gasteiger partial charge in [-0.2, -0.15) is 0 Å². The Hall–Kier alpha value is -2.40. The van der Waals surface area contributed by atoms with E-state index in [1.807, 2.05) is 13.8 Å². The summed E-state index contributed by atoms with van der Waals surface area (Å²) in [5.41, 5.74) is 3.22. The van der Waals surface area contributed by atoms with Crippen molar-refractivity contribution in [2.45, 2.75) is 27.4 Å². The van der Waals surface area contributed by atoms with Gasteiger partial charge in [-0.15, -0.1) is 0 Å². The number of benzene rings is 2. The summed E-state index contributed by atoms with van der Waals surface area (Å²) >= 11 is 0. The highest BCUT2D eigenvalue weighted by atomic mass is 16.6. The van der Waals surface area contributed by atoms with E-state index in [0.717, 1.165) is 16.7 Å². The van der Waals surface area contributed by atoms with E-state index in [2.05, 4.69) is 0 Å². The molecule has 0 amide bonds. The van der Waals surface area contributed by atoms with Crippen LogP contribution in [0.2, 0.25) is 0 Å². The minimum Gasteiger partial charge on any atom is -0.457 e. The van der Waals surface area contributed by atoms with Crippen LogP contribution >= 0.6 is 0 Å². The molecule has 0 heterocycles. The van der Waals surface area contributed by atoms with Gasteiger partial charge in [0.25, 0.3) is 5.69 Å². The molecule has 5 heteroatoms. The van der Waals surface area contributed by atoms with Gasteiger partial charge in [-0.3, -0.25) is 10.1 Å². The molecule has 0 atom stereocenters. The van der Waals surface area contributed by atoms with Gasteiger partial charge < -0.3 is 9.84 Å². The molecule has 0 aliphatic carbocycles. The van der Waals surface area contributed by atoms with Crippen molar-refractivity contribution in [3.8, 4) is 11.5 Å². The van der Waals surface area contributed by atoms with Gasteiger partial charge in [-0.25, -0.2) is 0 Å². The first-order valence-corrected chi connectivity index (χ1v) is 6.56. The molecule has 2 rings (SSSR count). The zero-order valence-electron chi connectivity index (χ0n) is 12.2. The van der Waals surface area contributed by atoms with Crippen LogP contribution in [0.5, 0.6) is 11.5 Å². The average Bonchev–Trinajstić information content (AvgIpc) is 2.41. The van der Waals surface area contributed by atoms with Gasteiger partial charge >= 0.3 is 0 Å². The van der Waals surface area contributed by atoms with Gasteiger partial charge in [0.15, 0.2) is 0 Å². The second-order valence-electron chi connectivity index (χ2n) is 5.01. The molecule has 0 saturated heterocycles. The fourth-order valence-corrected chi connectivity index (χ4v) is 2.16. The van der Waals surface area contributed by atoms with E-state index >= 15 is 0 Å². The van der Waals surface area contributed by atoms with Gasteiger partial charge in [0.1, 0.15) is 11.5 Å². The fraction of sp³-hybridized carbons (Fsp3) is 0.250. The number of hydrogen-bond donors (Lipinski definition) is 1. The summed E-state index contributed by atoms with van der Waals surface area (Å²) in [4.78, 5) is 10.6. The number of aliphatic hydroxyl groups excluding tert-OH is 1. The summed E-state index contributed by atoms with van der Waals surface area (Å²) in [6, 6.07) is 8.51. The Morgan fingerprint density at radius 2 is 1.81 bits per heavy atom. The molecule has 0 spiro atoms. The van der Waals surface area contributed by atoms with Crippen LogP contribution < -0.4 is 4.74 Å². The Labute approximate surface area is 123 Å². The van der Waals surface area contributed by atoms with Crippen LogP contribution in [0.15, 0.2) is 30.3 Å². The van der Waals surface area contributed by atoms with Gasteiger partial charge in [0, 0.05) is 5.56 Å². The maximum absolute atomic E-state index is 11.0. The number of rotatable bonds is 4. The van der Waals surface area contributed by atoms with Gasteiger partial charge in [0.2, 0.25) is 0 Å². The molecule has 1 N–H and O–H groups in total. The van der Waals surface area contributed by atoms with E-state index in [1.165, 1.54) is 6.07 Å². The molecule has 2 aromatic rings. The molecular weight excluding hydrogens is 270 g/mol. The first-order valence-electron chi connectivity index (χ1n) is 6.56. The van der Waals surface area contributed by atoms with Crippen molar-refractivity contribution in [1.82, 2.24) is 0 Å². The van der Waals surface area contributed by atoms with E-state index in [4.69, 9.17) is 9.84 Å². The lowest BCUT2D eigenvalue weighted by Gasteiger charge is -2.11. The van der Waals surface area contributed by atoms with Crippen molar-refractivity contribution >= 4 is 5.69 Å². The van der Waals surface area contributed by atoms with Gasteiger partial charge in [-0.1, -0.05) is 6.07 Å². The van der Waals surface area contributed by atoms with Gasteiger partial charge in [-0.05, 0) is 55.7 Å². The molecule has 0 radical (unpaired) electrons.